The molecule has 33 heavy (non-hydrogen) atoms. The number of ether oxygens (including phenoxy) is 1. The maximum Gasteiger partial charge on any atom is 0.416 e. The Morgan fingerprint density at radius 2 is 1.88 bits per heavy atom. The van der Waals surface area contributed by atoms with Gasteiger partial charge < -0.3 is 10.1 Å². The molecule has 0 saturated carbocycles. The van der Waals surface area contributed by atoms with Crippen LogP contribution in [-0.4, -0.2) is 46.8 Å². The van der Waals surface area contributed by atoms with Crippen LogP contribution in [0.5, 0.6) is 0 Å². The third kappa shape index (κ3) is 6.13. The number of alkyl halides is 3. The summed E-state index contributed by atoms with van der Waals surface area (Å²) in [5, 5.41) is 2.09. The Kier molecular flexibility index (Phi) is 7.42. The molecule has 174 valence electrons. The molecule has 1 atom stereocenters. The summed E-state index contributed by atoms with van der Waals surface area (Å²) in [6.45, 7) is 1.94. The van der Waals surface area contributed by atoms with Crippen LogP contribution in [0.2, 0.25) is 0 Å². The molecule has 1 N–H and O–H groups in total. The Bertz CT molecular complexity index is 1090. The van der Waals surface area contributed by atoms with Crippen LogP contribution in [0.4, 0.5) is 24.5 Å². The van der Waals surface area contributed by atoms with Crippen LogP contribution >= 0.6 is 11.8 Å². The second-order valence-electron chi connectivity index (χ2n) is 7.00. The quantitative estimate of drug-likeness (QED) is 0.618. The van der Waals surface area contributed by atoms with Crippen LogP contribution in [-0.2, 0) is 20.5 Å². The lowest BCUT2D eigenvalue weighted by molar-refractivity contribution is -0.137. The number of halogens is 3. The molecule has 0 radical (unpaired) electrons. The summed E-state index contributed by atoms with van der Waals surface area (Å²) in [5.41, 5.74) is -0.00635. The molecule has 3 rings (SSSR count). The van der Waals surface area contributed by atoms with E-state index in [2.05, 4.69) is 10.3 Å². The van der Waals surface area contributed by atoms with Crippen molar-refractivity contribution in [1.82, 2.24) is 4.90 Å². The first-order chi connectivity index (χ1) is 15.6. The van der Waals surface area contributed by atoms with E-state index in [9.17, 15) is 27.6 Å². The van der Waals surface area contributed by atoms with Gasteiger partial charge in [-0.25, -0.2) is 9.79 Å². The number of carbonyl (C=O) groups is 3. The average Bonchev–Trinajstić information content (AvgIpc) is 3.01. The summed E-state index contributed by atoms with van der Waals surface area (Å²) in [7, 11) is 1.45. The molecule has 1 fully saturated rings. The van der Waals surface area contributed by atoms with E-state index in [0.717, 1.165) is 23.9 Å². The largest absolute Gasteiger partial charge is 0.462 e. The van der Waals surface area contributed by atoms with Crippen molar-refractivity contribution in [3.63, 3.8) is 0 Å². The molecule has 1 heterocycles. The van der Waals surface area contributed by atoms with Crippen LogP contribution in [0.25, 0.3) is 0 Å². The number of rotatable bonds is 6. The summed E-state index contributed by atoms with van der Waals surface area (Å²) >= 11 is 1.01. The van der Waals surface area contributed by atoms with Crippen LogP contribution < -0.4 is 5.32 Å². The topological polar surface area (TPSA) is 88.1 Å². The molecule has 0 unspecified atom stereocenters. The number of amides is 2. The Morgan fingerprint density at radius 1 is 1.18 bits per heavy atom. The van der Waals surface area contributed by atoms with Gasteiger partial charge in [0.15, 0.2) is 5.17 Å². The summed E-state index contributed by atoms with van der Waals surface area (Å²) in [6, 6.07) is 10.6. The number of carbonyl (C=O) groups excluding carboxylic acids is 3. The van der Waals surface area contributed by atoms with Crippen molar-refractivity contribution in [3.05, 3.63) is 59.7 Å². The number of benzene rings is 2. The van der Waals surface area contributed by atoms with Crippen molar-refractivity contribution in [1.29, 1.82) is 0 Å². The first-order valence-corrected chi connectivity index (χ1v) is 10.7. The van der Waals surface area contributed by atoms with Gasteiger partial charge in [0.2, 0.25) is 11.8 Å². The van der Waals surface area contributed by atoms with Crippen molar-refractivity contribution < 1.29 is 32.3 Å². The number of thioether (sulfide) groups is 1. The first-order valence-electron chi connectivity index (χ1n) is 9.85. The van der Waals surface area contributed by atoms with E-state index in [1.54, 1.807) is 19.1 Å². The monoisotopic (exact) mass is 479 g/mol. The van der Waals surface area contributed by atoms with Crippen molar-refractivity contribution in [3.8, 4) is 0 Å². The minimum Gasteiger partial charge on any atom is -0.462 e. The summed E-state index contributed by atoms with van der Waals surface area (Å²) in [5.74, 6) is -1.28. The van der Waals surface area contributed by atoms with Gasteiger partial charge in [0.05, 0.1) is 23.4 Å². The molecular formula is C22H20F3N3O4S. The fraction of sp³-hybridized carbons (Fsp3) is 0.273. The van der Waals surface area contributed by atoms with Crippen molar-refractivity contribution in [2.24, 2.45) is 4.99 Å². The van der Waals surface area contributed by atoms with Gasteiger partial charge in [-0.15, -0.1) is 0 Å². The molecule has 0 spiro atoms. The van der Waals surface area contributed by atoms with E-state index in [-0.39, 0.29) is 29.8 Å². The van der Waals surface area contributed by atoms with E-state index in [0.29, 0.717) is 11.3 Å². The van der Waals surface area contributed by atoms with E-state index >= 15 is 0 Å². The third-order valence-corrected chi connectivity index (χ3v) is 5.82. The summed E-state index contributed by atoms with van der Waals surface area (Å²) < 4.78 is 43.6. The third-order valence-electron chi connectivity index (χ3n) is 4.59. The van der Waals surface area contributed by atoms with Gasteiger partial charge in [0, 0.05) is 19.2 Å². The molecular weight excluding hydrogens is 459 g/mol. The maximum atomic E-state index is 12.9. The van der Waals surface area contributed by atoms with Gasteiger partial charge in [-0.1, -0.05) is 17.8 Å². The number of anilines is 1. The highest BCUT2D eigenvalue weighted by molar-refractivity contribution is 8.15. The zero-order chi connectivity index (χ0) is 24.2. The Morgan fingerprint density at radius 3 is 2.52 bits per heavy atom. The molecule has 11 heteroatoms. The average molecular weight is 479 g/mol. The van der Waals surface area contributed by atoms with E-state index in [4.69, 9.17) is 4.74 Å². The Hall–Kier alpha value is -3.34. The molecule has 1 aliphatic heterocycles. The number of nitrogens with zero attached hydrogens (tertiary/aromatic N) is 2. The highest BCUT2D eigenvalue weighted by atomic mass is 32.2. The summed E-state index contributed by atoms with van der Waals surface area (Å²) in [6.07, 6.45) is -4.66. The smallest absolute Gasteiger partial charge is 0.416 e. The van der Waals surface area contributed by atoms with Gasteiger partial charge in [0.25, 0.3) is 0 Å². The SMILES string of the molecule is CCOC(=O)c1ccc(NC(=O)C[C@@H]2SC(=Nc3cccc(C(F)(F)F)c3)N(C)C2=O)cc1. The molecule has 1 saturated heterocycles. The second-order valence-corrected chi connectivity index (χ2v) is 8.17. The van der Waals surface area contributed by atoms with E-state index in [1.807, 2.05) is 0 Å². The minimum atomic E-state index is -4.50. The highest BCUT2D eigenvalue weighted by Gasteiger charge is 2.37. The number of amidine groups is 1. The minimum absolute atomic E-state index is 0.0544. The molecule has 2 amide bonds. The lowest BCUT2D eigenvalue weighted by Crippen LogP contribution is -2.30. The van der Waals surface area contributed by atoms with Crippen molar-refractivity contribution in [2.75, 3.05) is 19.0 Å². The predicted octanol–water partition coefficient (Wildman–Crippen LogP) is 4.47. The molecule has 0 aliphatic carbocycles. The number of hydrogen-bond acceptors (Lipinski definition) is 6. The van der Waals surface area contributed by atoms with Crippen LogP contribution in [0.3, 0.4) is 0 Å². The second kappa shape index (κ2) is 10.1. The van der Waals surface area contributed by atoms with Gasteiger partial charge in [0.1, 0.15) is 5.25 Å². The molecule has 2 aromatic carbocycles. The standard InChI is InChI=1S/C22H20F3N3O4S/c1-3-32-20(31)13-7-9-15(10-8-13)26-18(29)12-17-19(30)28(2)21(33-17)27-16-6-4-5-14(11-16)22(23,24)25/h4-11,17H,3,12H2,1-2H3,(H,26,29)/t17-/m0/s1. The summed E-state index contributed by atoms with van der Waals surface area (Å²) in [4.78, 5) is 42.0. The lowest BCUT2D eigenvalue weighted by atomic mass is 10.2. The Labute approximate surface area is 192 Å². The number of esters is 1. The molecule has 7 nitrogen and oxygen atoms in total. The number of hydrogen-bond donors (Lipinski definition) is 1. The Balaban J connectivity index is 1.64. The number of nitrogens with one attached hydrogen (secondary N) is 1. The van der Waals surface area contributed by atoms with Gasteiger partial charge >= 0.3 is 12.1 Å². The van der Waals surface area contributed by atoms with Crippen molar-refractivity contribution >= 4 is 46.1 Å². The van der Waals surface area contributed by atoms with Gasteiger partial charge in [-0.2, -0.15) is 13.2 Å². The normalized spacial score (nSPS) is 17.4. The fourth-order valence-electron chi connectivity index (χ4n) is 2.94. The lowest BCUT2D eigenvalue weighted by Gasteiger charge is -2.10. The number of aliphatic imine (C=N–C) groups is 1. The van der Waals surface area contributed by atoms with Gasteiger partial charge in [-0.3, -0.25) is 14.5 Å². The first kappa shape index (κ1) is 24.3. The van der Waals surface area contributed by atoms with E-state index < -0.39 is 28.9 Å². The van der Waals surface area contributed by atoms with Crippen LogP contribution in [0.15, 0.2) is 53.5 Å². The predicted molar refractivity (Wildman–Crippen MR) is 118 cm³/mol. The van der Waals surface area contributed by atoms with Crippen molar-refractivity contribution in [2.45, 2.75) is 24.8 Å². The van der Waals surface area contributed by atoms with Crippen LogP contribution in [0.1, 0.15) is 29.3 Å². The van der Waals surface area contributed by atoms with E-state index in [1.165, 1.54) is 36.2 Å². The fourth-order valence-corrected chi connectivity index (χ4v) is 4.10. The molecule has 0 aromatic heterocycles. The maximum absolute atomic E-state index is 12.9. The zero-order valence-corrected chi connectivity index (χ0v) is 18.5. The highest BCUT2D eigenvalue weighted by Crippen LogP contribution is 2.34. The molecule has 0 bridgehead atoms. The zero-order valence-electron chi connectivity index (χ0n) is 17.7. The molecule has 1 aliphatic rings. The molecule has 2 aromatic rings. The van der Waals surface area contributed by atoms with Gasteiger partial charge in [-0.05, 0) is 49.4 Å². The van der Waals surface area contributed by atoms with Crippen LogP contribution in [0, 0.1) is 0 Å².